The minimum absolute atomic E-state index is 0.0797. The summed E-state index contributed by atoms with van der Waals surface area (Å²) < 4.78 is 5.04. The van der Waals surface area contributed by atoms with Crippen LogP contribution in [0.4, 0.5) is 10.5 Å². The molecule has 1 aliphatic rings. The quantitative estimate of drug-likeness (QED) is 0.932. The molecule has 128 valence electrons. The first kappa shape index (κ1) is 16.4. The third-order valence-electron chi connectivity index (χ3n) is 4.13. The van der Waals surface area contributed by atoms with Gasteiger partial charge in [-0.05, 0) is 38.6 Å². The molecule has 1 aromatic carbocycles. The Morgan fingerprint density at radius 2 is 2.21 bits per heavy atom. The first-order chi connectivity index (χ1) is 11.5. The highest BCUT2D eigenvalue weighted by Gasteiger charge is 2.27. The van der Waals surface area contributed by atoms with E-state index in [4.69, 9.17) is 4.52 Å². The maximum absolute atomic E-state index is 12.6. The fourth-order valence-electron chi connectivity index (χ4n) is 3.07. The number of anilines is 1. The third-order valence-corrected chi connectivity index (χ3v) is 4.13. The molecule has 0 aliphatic carbocycles. The lowest BCUT2D eigenvalue weighted by Gasteiger charge is -2.19. The zero-order chi connectivity index (χ0) is 17.1. The Bertz CT molecular complexity index is 713. The molecule has 7 nitrogen and oxygen atoms in total. The standard InChI is InChI=1S/C17H23N5O2/c1-12-18-16(20-24-12)14-6-4-5-7-15(14)19-17(23)22-9-8-13(11-22)10-21(2)3/h4-7,13H,8-11H2,1-3H3,(H,19,23). The molecule has 1 fully saturated rings. The molecule has 1 aromatic heterocycles. The number of urea groups is 1. The van der Waals surface area contributed by atoms with Gasteiger partial charge in [0.25, 0.3) is 0 Å². The number of hydrogen-bond acceptors (Lipinski definition) is 5. The van der Waals surface area contributed by atoms with Crippen molar-refractivity contribution in [1.82, 2.24) is 19.9 Å². The van der Waals surface area contributed by atoms with E-state index in [1.807, 2.05) is 29.2 Å². The summed E-state index contributed by atoms with van der Waals surface area (Å²) in [7, 11) is 4.12. The van der Waals surface area contributed by atoms with E-state index < -0.39 is 0 Å². The number of nitrogens with one attached hydrogen (secondary N) is 1. The lowest BCUT2D eigenvalue weighted by molar-refractivity contribution is 0.219. The van der Waals surface area contributed by atoms with Gasteiger partial charge < -0.3 is 19.6 Å². The highest BCUT2D eigenvalue weighted by Crippen LogP contribution is 2.26. The maximum atomic E-state index is 12.6. The van der Waals surface area contributed by atoms with Gasteiger partial charge >= 0.3 is 6.03 Å². The lowest BCUT2D eigenvalue weighted by atomic mass is 10.1. The molecule has 2 heterocycles. The van der Waals surface area contributed by atoms with Crippen LogP contribution >= 0.6 is 0 Å². The lowest BCUT2D eigenvalue weighted by Crippen LogP contribution is -2.34. The predicted molar refractivity (Wildman–Crippen MR) is 91.7 cm³/mol. The Balaban J connectivity index is 1.69. The minimum atomic E-state index is -0.0797. The smallest absolute Gasteiger partial charge is 0.321 e. The van der Waals surface area contributed by atoms with Crippen LogP contribution in [0.25, 0.3) is 11.4 Å². The largest absolute Gasteiger partial charge is 0.339 e. The minimum Gasteiger partial charge on any atom is -0.339 e. The van der Waals surface area contributed by atoms with Gasteiger partial charge in [-0.25, -0.2) is 4.79 Å². The van der Waals surface area contributed by atoms with Gasteiger partial charge in [-0.2, -0.15) is 4.98 Å². The average Bonchev–Trinajstić information content (AvgIpc) is 3.16. The number of carbonyl (C=O) groups excluding carboxylic acids is 1. The van der Waals surface area contributed by atoms with Crippen LogP contribution in [0.15, 0.2) is 28.8 Å². The molecule has 1 atom stereocenters. The van der Waals surface area contributed by atoms with Gasteiger partial charge in [-0.3, -0.25) is 0 Å². The van der Waals surface area contributed by atoms with E-state index in [0.29, 0.717) is 23.3 Å². The van der Waals surface area contributed by atoms with Gasteiger partial charge in [0.15, 0.2) is 0 Å². The van der Waals surface area contributed by atoms with E-state index in [0.717, 1.165) is 31.6 Å². The number of rotatable bonds is 4. The van der Waals surface area contributed by atoms with E-state index in [2.05, 4.69) is 34.5 Å². The van der Waals surface area contributed by atoms with E-state index >= 15 is 0 Å². The van der Waals surface area contributed by atoms with Gasteiger partial charge in [0.2, 0.25) is 11.7 Å². The number of aryl methyl sites for hydroxylation is 1. The van der Waals surface area contributed by atoms with Crippen molar-refractivity contribution in [3.8, 4) is 11.4 Å². The Kier molecular flexibility index (Phi) is 4.80. The van der Waals surface area contributed by atoms with E-state index in [-0.39, 0.29) is 6.03 Å². The first-order valence-corrected chi connectivity index (χ1v) is 8.13. The van der Waals surface area contributed by atoms with Crippen LogP contribution in [0, 0.1) is 12.8 Å². The highest BCUT2D eigenvalue weighted by molar-refractivity contribution is 5.93. The molecule has 1 unspecified atom stereocenters. The molecule has 0 spiro atoms. The molecular formula is C17H23N5O2. The number of likely N-dealkylation sites (tertiary alicyclic amines) is 1. The number of hydrogen-bond donors (Lipinski definition) is 1. The van der Waals surface area contributed by atoms with Gasteiger partial charge in [0, 0.05) is 32.1 Å². The van der Waals surface area contributed by atoms with Crippen molar-refractivity contribution in [1.29, 1.82) is 0 Å². The summed E-state index contributed by atoms with van der Waals surface area (Å²) in [5, 5.41) is 6.93. The van der Waals surface area contributed by atoms with Crippen LogP contribution in [0.3, 0.4) is 0 Å². The van der Waals surface area contributed by atoms with E-state index in [9.17, 15) is 4.79 Å². The van der Waals surface area contributed by atoms with Crippen molar-refractivity contribution in [3.05, 3.63) is 30.2 Å². The van der Waals surface area contributed by atoms with Gasteiger partial charge in [-0.15, -0.1) is 0 Å². The molecule has 0 bridgehead atoms. The molecule has 1 aliphatic heterocycles. The summed E-state index contributed by atoms with van der Waals surface area (Å²) in [6.07, 6.45) is 1.04. The highest BCUT2D eigenvalue weighted by atomic mass is 16.5. The van der Waals surface area contributed by atoms with Crippen LogP contribution in [0.2, 0.25) is 0 Å². The maximum Gasteiger partial charge on any atom is 0.321 e. The Morgan fingerprint density at radius 3 is 2.92 bits per heavy atom. The van der Waals surface area contributed by atoms with Crippen LogP contribution in [0.5, 0.6) is 0 Å². The van der Waals surface area contributed by atoms with Gasteiger partial charge in [0.05, 0.1) is 5.69 Å². The van der Waals surface area contributed by atoms with Crippen molar-refractivity contribution < 1.29 is 9.32 Å². The molecule has 7 heteroatoms. The average molecular weight is 329 g/mol. The Labute approximate surface area is 141 Å². The van der Waals surface area contributed by atoms with E-state index in [1.165, 1.54) is 0 Å². The molecule has 24 heavy (non-hydrogen) atoms. The summed E-state index contributed by atoms with van der Waals surface area (Å²) in [6.45, 7) is 4.32. The summed E-state index contributed by atoms with van der Waals surface area (Å²) in [4.78, 5) is 20.8. The fourth-order valence-corrected chi connectivity index (χ4v) is 3.07. The monoisotopic (exact) mass is 329 g/mol. The van der Waals surface area contributed by atoms with Crippen molar-refractivity contribution in [2.45, 2.75) is 13.3 Å². The summed E-state index contributed by atoms with van der Waals surface area (Å²) >= 11 is 0. The number of aromatic nitrogens is 2. The zero-order valence-corrected chi connectivity index (χ0v) is 14.3. The summed E-state index contributed by atoms with van der Waals surface area (Å²) in [6, 6.07) is 7.42. The molecule has 2 amide bonds. The second-order valence-corrected chi connectivity index (χ2v) is 6.48. The topological polar surface area (TPSA) is 74.5 Å². The molecule has 1 saturated heterocycles. The second-order valence-electron chi connectivity index (χ2n) is 6.48. The molecule has 3 rings (SSSR count). The summed E-state index contributed by atoms with van der Waals surface area (Å²) in [5.74, 6) is 1.51. The van der Waals surface area contributed by atoms with Crippen LogP contribution in [-0.2, 0) is 0 Å². The van der Waals surface area contributed by atoms with Crippen molar-refractivity contribution in [2.75, 3.05) is 39.0 Å². The number of benzene rings is 1. The zero-order valence-electron chi connectivity index (χ0n) is 14.3. The van der Waals surface area contributed by atoms with E-state index in [1.54, 1.807) is 6.92 Å². The van der Waals surface area contributed by atoms with Crippen LogP contribution in [-0.4, -0.2) is 59.7 Å². The van der Waals surface area contributed by atoms with Crippen molar-refractivity contribution >= 4 is 11.7 Å². The summed E-state index contributed by atoms with van der Waals surface area (Å²) in [5.41, 5.74) is 1.45. The van der Waals surface area contributed by atoms with Crippen LogP contribution < -0.4 is 5.32 Å². The van der Waals surface area contributed by atoms with Crippen molar-refractivity contribution in [2.24, 2.45) is 5.92 Å². The number of carbonyl (C=O) groups is 1. The molecule has 0 radical (unpaired) electrons. The third kappa shape index (κ3) is 3.73. The first-order valence-electron chi connectivity index (χ1n) is 8.13. The van der Waals surface area contributed by atoms with Gasteiger partial charge in [-0.1, -0.05) is 17.3 Å². The Morgan fingerprint density at radius 1 is 1.42 bits per heavy atom. The van der Waals surface area contributed by atoms with Gasteiger partial charge in [0.1, 0.15) is 0 Å². The van der Waals surface area contributed by atoms with Crippen molar-refractivity contribution in [3.63, 3.8) is 0 Å². The van der Waals surface area contributed by atoms with Crippen LogP contribution in [0.1, 0.15) is 12.3 Å². The molecule has 1 N–H and O–H groups in total. The molecular weight excluding hydrogens is 306 g/mol. The SMILES string of the molecule is Cc1nc(-c2ccccc2NC(=O)N2CCC(CN(C)C)C2)no1. The molecule has 2 aromatic rings. The number of nitrogens with zero attached hydrogens (tertiary/aromatic N) is 4. The fraction of sp³-hybridized carbons (Fsp3) is 0.471. The number of amides is 2. The second kappa shape index (κ2) is 7.00. The molecule has 0 saturated carbocycles. The predicted octanol–water partition coefficient (Wildman–Crippen LogP) is 2.46. The normalized spacial score (nSPS) is 17.5. The number of para-hydroxylation sites is 1. The Hall–Kier alpha value is -2.41.